The van der Waals surface area contributed by atoms with Gasteiger partial charge in [0.25, 0.3) is 0 Å². The number of hydrogen-bond acceptors (Lipinski definition) is 3. The van der Waals surface area contributed by atoms with Gasteiger partial charge in [-0.1, -0.05) is 18.5 Å². The molecule has 1 N–H and O–H groups in total. The molecule has 3 nitrogen and oxygen atoms in total. The van der Waals surface area contributed by atoms with Crippen LogP contribution in [0.3, 0.4) is 0 Å². The molecule has 1 fully saturated rings. The van der Waals surface area contributed by atoms with Crippen LogP contribution in [0.25, 0.3) is 11.0 Å². The summed E-state index contributed by atoms with van der Waals surface area (Å²) in [5.41, 5.74) is 0.890. The molecule has 4 heteroatoms. The molecule has 2 atom stereocenters. The Morgan fingerprint density at radius 3 is 3.05 bits per heavy atom. The summed E-state index contributed by atoms with van der Waals surface area (Å²) >= 11 is 6.02. The number of rotatable bonds is 4. The predicted molar refractivity (Wildman–Crippen MR) is 76.6 cm³/mol. The Kier molecular flexibility index (Phi) is 3.78. The van der Waals surface area contributed by atoms with Crippen LogP contribution < -0.4 is 5.32 Å². The second-order valence-electron chi connectivity index (χ2n) is 4.99. The average Bonchev–Trinajstić information content (AvgIpc) is 3.04. The standard InChI is InChI=1S/C15H18ClNO2/c1-2-17-15(10-5-6-18-9-10)14-8-11-7-12(16)3-4-13(11)19-14/h3-4,7-8,10,15,17H,2,5-6,9H2,1H3. The first kappa shape index (κ1) is 13.0. The van der Waals surface area contributed by atoms with Crippen LogP contribution in [-0.4, -0.2) is 19.8 Å². The van der Waals surface area contributed by atoms with Crippen molar-refractivity contribution in [2.75, 3.05) is 19.8 Å². The third kappa shape index (κ3) is 2.64. The Morgan fingerprint density at radius 1 is 1.42 bits per heavy atom. The number of nitrogens with one attached hydrogen (secondary N) is 1. The van der Waals surface area contributed by atoms with Crippen molar-refractivity contribution in [1.29, 1.82) is 0 Å². The van der Waals surface area contributed by atoms with Crippen molar-refractivity contribution in [2.24, 2.45) is 5.92 Å². The summed E-state index contributed by atoms with van der Waals surface area (Å²) in [4.78, 5) is 0. The van der Waals surface area contributed by atoms with E-state index in [1.165, 1.54) is 0 Å². The molecule has 0 saturated carbocycles. The van der Waals surface area contributed by atoms with Gasteiger partial charge in [-0.05, 0) is 37.2 Å². The fourth-order valence-electron chi connectivity index (χ4n) is 2.72. The normalized spacial score (nSPS) is 21.1. The Balaban J connectivity index is 1.94. The summed E-state index contributed by atoms with van der Waals surface area (Å²) in [7, 11) is 0. The third-order valence-corrected chi connectivity index (χ3v) is 3.90. The van der Waals surface area contributed by atoms with Crippen molar-refractivity contribution in [2.45, 2.75) is 19.4 Å². The average molecular weight is 280 g/mol. The number of fused-ring (bicyclic) bond motifs is 1. The lowest BCUT2D eigenvalue weighted by Gasteiger charge is -2.20. The molecule has 0 aliphatic carbocycles. The van der Waals surface area contributed by atoms with Gasteiger partial charge < -0.3 is 14.5 Å². The maximum Gasteiger partial charge on any atom is 0.134 e. The maximum absolute atomic E-state index is 6.02. The van der Waals surface area contributed by atoms with Crippen molar-refractivity contribution < 1.29 is 9.15 Å². The lowest BCUT2D eigenvalue weighted by molar-refractivity contribution is 0.173. The van der Waals surface area contributed by atoms with E-state index in [-0.39, 0.29) is 6.04 Å². The molecule has 2 unspecified atom stereocenters. The molecule has 0 spiro atoms. The third-order valence-electron chi connectivity index (χ3n) is 3.66. The molecular weight excluding hydrogens is 262 g/mol. The van der Waals surface area contributed by atoms with E-state index in [4.69, 9.17) is 20.8 Å². The Bertz CT molecular complexity index is 560. The number of hydrogen-bond donors (Lipinski definition) is 1. The van der Waals surface area contributed by atoms with Crippen molar-refractivity contribution in [3.05, 3.63) is 35.0 Å². The largest absolute Gasteiger partial charge is 0.459 e. The fourth-order valence-corrected chi connectivity index (χ4v) is 2.90. The van der Waals surface area contributed by atoms with Crippen molar-refractivity contribution in [3.8, 4) is 0 Å². The first-order valence-electron chi connectivity index (χ1n) is 6.78. The molecule has 19 heavy (non-hydrogen) atoms. The molecule has 3 rings (SSSR count). The summed E-state index contributed by atoms with van der Waals surface area (Å²) < 4.78 is 11.5. The first-order valence-corrected chi connectivity index (χ1v) is 7.16. The van der Waals surface area contributed by atoms with Gasteiger partial charge in [0.15, 0.2) is 0 Å². The highest BCUT2D eigenvalue weighted by Crippen LogP contribution is 2.33. The molecule has 0 amide bonds. The number of furan rings is 1. The van der Waals surface area contributed by atoms with E-state index in [1.54, 1.807) is 0 Å². The Hall–Kier alpha value is -1.03. The molecule has 1 aliphatic heterocycles. The van der Waals surface area contributed by atoms with Gasteiger partial charge in [-0.2, -0.15) is 0 Å². The van der Waals surface area contributed by atoms with Gasteiger partial charge in [-0.25, -0.2) is 0 Å². The van der Waals surface area contributed by atoms with E-state index in [0.29, 0.717) is 5.92 Å². The lowest BCUT2D eigenvalue weighted by atomic mass is 9.96. The van der Waals surface area contributed by atoms with Crippen LogP contribution in [0, 0.1) is 5.92 Å². The van der Waals surface area contributed by atoms with E-state index in [0.717, 1.165) is 47.9 Å². The van der Waals surface area contributed by atoms with Crippen LogP contribution in [0.15, 0.2) is 28.7 Å². The van der Waals surface area contributed by atoms with Gasteiger partial charge in [-0.15, -0.1) is 0 Å². The topological polar surface area (TPSA) is 34.4 Å². The molecule has 0 radical (unpaired) electrons. The van der Waals surface area contributed by atoms with Gasteiger partial charge in [0, 0.05) is 22.9 Å². The predicted octanol–water partition coefficient (Wildman–Crippen LogP) is 3.77. The summed E-state index contributed by atoms with van der Waals surface area (Å²) in [6.45, 7) is 4.68. The van der Waals surface area contributed by atoms with Crippen molar-refractivity contribution in [1.82, 2.24) is 5.32 Å². The SMILES string of the molecule is CCNC(c1cc2cc(Cl)ccc2o1)C1CCOC1. The smallest absolute Gasteiger partial charge is 0.134 e. The van der Waals surface area contributed by atoms with Crippen molar-refractivity contribution >= 4 is 22.6 Å². The zero-order valence-corrected chi connectivity index (χ0v) is 11.7. The zero-order valence-electron chi connectivity index (χ0n) is 11.0. The number of benzene rings is 1. The van der Waals surface area contributed by atoms with Gasteiger partial charge in [0.05, 0.1) is 12.6 Å². The maximum atomic E-state index is 6.02. The monoisotopic (exact) mass is 279 g/mol. The van der Waals surface area contributed by atoms with E-state index >= 15 is 0 Å². The molecule has 1 aromatic carbocycles. The van der Waals surface area contributed by atoms with E-state index < -0.39 is 0 Å². The molecule has 2 aromatic rings. The van der Waals surface area contributed by atoms with Gasteiger partial charge in [0.1, 0.15) is 11.3 Å². The minimum atomic E-state index is 0.221. The quantitative estimate of drug-likeness (QED) is 0.925. The molecule has 102 valence electrons. The highest BCUT2D eigenvalue weighted by Gasteiger charge is 2.28. The Labute approximate surface area is 117 Å². The first-order chi connectivity index (χ1) is 9.28. The minimum absolute atomic E-state index is 0.221. The second kappa shape index (κ2) is 5.53. The summed E-state index contributed by atoms with van der Waals surface area (Å²) in [6.07, 6.45) is 1.08. The molecule has 1 aliphatic rings. The van der Waals surface area contributed by atoms with Crippen LogP contribution in [0.4, 0.5) is 0 Å². The van der Waals surface area contributed by atoms with Gasteiger partial charge >= 0.3 is 0 Å². The van der Waals surface area contributed by atoms with Crippen LogP contribution in [0.2, 0.25) is 5.02 Å². The molecule has 1 saturated heterocycles. The molecule has 2 heterocycles. The summed E-state index contributed by atoms with van der Waals surface area (Å²) in [5, 5.41) is 5.31. The Morgan fingerprint density at radius 2 is 2.32 bits per heavy atom. The molecule has 1 aromatic heterocycles. The van der Waals surface area contributed by atoms with E-state index in [1.807, 2.05) is 18.2 Å². The minimum Gasteiger partial charge on any atom is -0.459 e. The summed E-state index contributed by atoms with van der Waals surface area (Å²) in [6, 6.07) is 8.04. The highest BCUT2D eigenvalue weighted by molar-refractivity contribution is 6.31. The van der Waals surface area contributed by atoms with Crippen LogP contribution in [0.5, 0.6) is 0 Å². The number of halogens is 1. The van der Waals surface area contributed by atoms with E-state index in [9.17, 15) is 0 Å². The zero-order chi connectivity index (χ0) is 13.2. The van der Waals surface area contributed by atoms with Gasteiger partial charge in [-0.3, -0.25) is 0 Å². The highest BCUT2D eigenvalue weighted by atomic mass is 35.5. The lowest BCUT2D eigenvalue weighted by Crippen LogP contribution is -2.28. The van der Waals surface area contributed by atoms with Gasteiger partial charge in [0.2, 0.25) is 0 Å². The van der Waals surface area contributed by atoms with E-state index in [2.05, 4.69) is 18.3 Å². The summed E-state index contributed by atoms with van der Waals surface area (Å²) in [5.74, 6) is 1.46. The number of ether oxygens (including phenoxy) is 1. The van der Waals surface area contributed by atoms with Crippen LogP contribution in [0.1, 0.15) is 25.1 Å². The molecule has 0 bridgehead atoms. The van der Waals surface area contributed by atoms with Crippen molar-refractivity contribution in [3.63, 3.8) is 0 Å². The fraction of sp³-hybridized carbons (Fsp3) is 0.467. The van der Waals surface area contributed by atoms with Crippen LogP contribution >= 0.6 is 11.6 Å². The second-order valence-corrected chi connectivity index (χ2v) is 5.43. The van der Waals surface area contributed by atoms with Crippen LogP contribution in [-0.2, 0) is 4.74 Å². The molecular formula is C15H18ClNO2.